The lowest BCUT2D eigenvalue weighted by molar-refractivity contribution is -0.00576. The predicted molar refractivity (Wildman–Crippen MR) is 99.1 cm³/mol. The number of hydrogen-bond donors (Lipinski definition) is 1. The third-order valence-corrected chi connectivity index (χ3v) is 4.99. The Morgan fingerprint density at radius 3 is 2.85 bits per heavy atom. The molecule has 0 saturated carbocycles. The molecule has 1 fully saturated rings. The number of pyridine rings is 1. The molecule has 0 spiro atoms. The standard InChI is InChI=1S/C19H25N5O2/c1-13-9-24(10-14(2)26-13)19-21-17-12-23(7-5-16(17)18(25)22-19)11-15-4-3-6-20-8-15/h3-4,6,8,13-14H,5,7,9-12H2,1-2H3,(H,21,22,25)/t13-,14-/m0/s1. The lowest BCUT2D eigenvalue weighted by Crippen LogP contribution is -2.47. The van der Waals surface area contributed by atoms with Crippen molar-refractivity contribution in [1.29, 1.82) is 0 Å². The van der Waals surface area contributed by atoms with Gasteiger partial charge in [0.05, 0.1) is 17.9 Å². The number of hydrogen-bond acceptors (Lipinski definition) is 6. The summed E-state index contributed by atoms with van der Waals surface area (Å²) in [5.74, 6) is 0.666. The van der Waals surface area contributed by atoms with Gasteiger partial charge in [0.2, 0.25) is 5.95 Å². The number of nitrogens with one attached hydrogen (secondary N) is 1. The summed E-state index contributed by atoms with van der Waals surface area (Å²) in [6.07, 6.45) is 4.66. The molecule has 7 heteroatoms. The zero-order chi connectivity index (χ0) is 18.1. The van der Waals surface area contributed by atoms with Gasteiger partial charge in [-0.3, -0.25) is 19.7 Å². The molecule has 4 heterocycles. The highest BCUT2D eigenvalue weighted by Gasteiger charge is 2.26. The summed E-state index contributed by atoms with van der Waals surface area (Å²) >= 11 is 0. The van der Waals surface area contributed by atoms with Crippen LogP contribution in [0.2, 0.25) is 0 Å². The second-order valence-electron chi connectivity index (χ2n) is 7.30. The third kappa shape index (κ3) is 3.64. The van der Waals surface area contributed by atoms with Crippen LogP contribution in [-0.2, 0) is 24.2 Å². The fourth-order valence-corrected chi connectivity index (χ4v) is 3.87. The van der Waals surface area contributed by atoms with Crippen LogP contribution < -0.4 is 10.5 Å². The summed E-state index contributed by atoms with van der Waals surface area (Å²) < 4.78 is 5.79. The number of H-pyrrole nitrogens is 1. The average molecular weight is 355 g/mol. The normalized spacial score (nSPS) is 23.7. The Bertz CT molecular complexity index is 812. The average Bonchev–Trinajstić information content (AvgIpc) is 2.61. The fourth-order valence-electron chi connectivity index (χ4n) is 3.87. The van der Waals surface area contributed by atoms with Crippen LogP contribution in [0.25, 0.3) is 0 Å². The predicted octanol–water partition coefficient (Wildman–Crippen LogP) is 1.34. The van der Waals surface area contributed by atoms with Gasteiger partial charge in [-0.2, -0.15) is 0 Å². The summed E-state index contributed by atoms with van der Waals surface area (Å²) in [7, 11) is 0. The summed E-state index contributed by atoms with van der Waals surface area (Å²) in [6.45, 7) is 7.96. The van der Waals surface area contributed by atoms with Crippen LogP contribution in [-0.4, -0.2) is 51.7 Å². The number of aromatic amines is 1. The Balaban J connectivity index is 1.55. The first-order valence-corrected chi connectivity index (χ1v) is 9.22. The van der Waals surface area contributed by atoms with E-state index in [1.807, 2.05) is 12.3 Å². The van der Waals surface area contributed by atoms with Gasteiger partial charge < -0.3 is 9.64 Å². The molecule has 2 atom stereocenters. The number of rotatable bonds is 3. The SMILES string of the molecule is C[C@H]1CN(c2nc3c(c(=O)[nH]2)CCN(Cc2cccnc2)C3)C[C@H](C)O1. The summed E-state index contributed by atoms with van der Waals surface area (Å²) in [5, 5.41) is 0. The van der Waals surface area contributed by atoms with Crippen LogP contribution in [0.1, 0.15) is 30.7 Å². The first-order chi connectivity index (χ1) is 12.6. The van der Waals surface area contributed by atoms with Gasteiger partial charge in [-0.25, -0.2) is 4.98 Å². The molecule has 138 valence electrons. The highest BCUT2D eigenvalue weighted by Crippen LogP contribution is 2.20. The molecule has 2 aromatic rings. The van der Waals surface area contributed by atoms with Gasteiger partial charge in [0.25, 0.3) is 5.56 Å². The maximum atomic E-state index is 12.6. The molecule has 0 unspecified atom stereocenters. The summed E-state index contributed by atoms with van der Waals surface area (Å²) in [4.78, 5) is 29.0. The maximum Gasteiger partial charge on any atom is 0.255 e. The van der Waals surface area contributed by atoms with E-state index in [2.05, 4.69) is 39.7 Å². The van der Waals surface area contributed by atoms with Crippen LogP contribution in [0, 0.1) is 0 Å². The lowest BCUT2D eigenvalue weighted by atomic mass is 10.1. The highest BCUT2D eigenvalue weighted by atomic mass is 16.5. The topological polar surface area (TPSA) is 74.4 Å². The van der Waals surface area contributed by atoms with Gasteiger partial charge in [-0.05, 0) is 31.9 Å². The summed E-state index contributed by atoms with van der Waals surface area (Å²) in [6, 6.07) is 4.03. The van der Waals surface area contributed by atoms with E-state index in [-0.39, 0.29) is 17.8 Å². The van der Waals surface area contributed by atoms with Crippen molar-refractivity contribution >= 4 is 5.95 Å². The van der Waals surface area contributed by atoms with E-state index in [1.165, 1.54) is 5.56 Å². The molecule has 1 saturated heterocycles. The molecule has 0 aromatic carbocycles. The van der Waals surface area contributed by atoms with Crippen LogP contribution in [0.15, 0.2) is 29.3 Å². The van der Waals surface area contributed by atoms with Crippen molar-refractivity contribution in [2.75, 3.05) is 24.5 Å². The van der Waals surface area contributed by atoms with Crippen molar-refractivity contribution in [3.8, 4) is 0 Å². The second kappa shape index (κ2) is 7.17. The Morgan fingerprint density at radius 1 is 1.31 bits per heavy atom. The minimum atomic E-state index is -0.00201. The fraction of sp³-hybridized carbons (Fsp3) is 0.526. The largest absolute Gasteiger partial charge is 0.372 e. The Labute approximate surface area is 153 Å². The Morgan fingerprint density at radius 2 is 2.12 bits per heavy atom. The van der Waals surface area contributed by atoms with Crippen LogP contribution in [0.3, 0.4) is 0 Å². The third-order valence-electron chi connectivity index (χ3n) is 4.99. The quantitative estimate of drug-likeness (QED) is 0.896. The van der Waals surface area contributed by atoms with E-state index in [4.69, 9.17) is 9.72 Å². The first-order valence-electron chi connectivity index (χ1n) is 9.22. The molecule has 7 nitrogen and oxygen atoms in total. The van der Waals surface area contributed by atoms with Gasteiger partial charge in [0.15, 0.2) is 0 Å². The molecular formula is C19H25N5O2. The Kier molecular flexibility index (Phi) is 4.74. The zero-order valence-electron chi connectivity index (χ0n) is 15.3. The molecule has 0 aliphatic carbocycles. The molecular weight excluding hydrogens is 330 g/mol. The minimum Gasteiger partial charge on any atom is -0.372 e. The molecule has 26 heavy (non-hydrogen) atoms. The molecule has 2 aromatic heterocycles. The minimum absolute atomic E-state index is 0.00201. The highest BCUT2D eigenvalue weighted by molar-refractivity contribution is 5.35. The number of ether oxygens (including phenoxy) is 1. The van der Waals surface area contributed by atoms with Gasteiger partial charge in [0, 0.05) is 50.7 Å². The van der Waals surface area contributed by atoms with Gasteiger partial charge in [0.1, 0.15) is 0 Å². The molecule has 2 aliphatic heterocycles. The van der Waals surface area contributed by atoms with Crippen LogP contribution in [0.5, 0.6) is 0 Å². The van der Waals surface area contributed by atoms with E-state index < -0.39 is 0 Å². The van der Waals surface area contributed by atoms with Crippen LogP contribution in [0.4, 0.5) is 5.95 Å². The van der Waals surface area contributed by atoms with Crippen molar-refractivity contribution < 1.29 is 4.74 Å². The lowest BCUT2D eigenvalue weighted by Gasteiger charge is -2.36. The molecule has 2 aliphatic rings. The molecule has 0 radical (unpaired) electrons. The van der Waals surface area contributed by atoms with E-state index in [1.54, 1.807) is 6.20 Å². The number of morpholine rings is 1. The smallest absolute Gasteiger partial charge is 0.255 e. The van der Waals surface area contributed by atoms with Crippen molar-refractivity contribution in [2.24, 2.45) is 0 Å². The van der Waals surface area contributed by atoms with E-state index in [0.29, 0.717) is 12.5 Å². The molecule has 0 amide bonds. The number of anilines is 1. The van der Waals surface area contributed by atoms with Gasteiger partial charge in [-0.15, -0.1) is 0 Å². The maximum absolute atomic E-state index is 12.6. The molecule has 4 rings (SSSR count). The molecule has 0 bridgehead atoms. The van der Waals surface area contributed by atoms with Crippen molar-refractivity contribution in [3.63, 3.8) is 0 Å². The van der Waals surface area contributed by atoms with Gasteiger partial charge in [-0.1, -0.05) is 6.07 Å². The number of fused-ring (bicyclic) bond motifs is 1. The van der Waals surface area contributed by atoms with Crippen molar-refractivity contribution in [2.45, 2.75) is 45.6 Å². The Hall–Kier alpha value is -2.25. The second-order valence-corrected chi connectivity index (χ2v) is 7.30. The van der Waals surface area contributed by atoms with E-state index in [0.717, 1.165) is 43.9 Å². The molecule has 1 N–H and O–H groups in total. The van der Waals surface area contributed by atoms with Gasteiger partial charge >= 0.3 is 0 Å². The monoisotopic (exact) mass is 355 g/mol. The van der Waals surface area contributed by atoms with Crippen molar-refractivity contribution in [3.05, 3.63) is 51.7 Å². The summed E-state index contributed by atoms with van der Waals surface area (Å²) in [5.41, 5.74) is 2.89. The van der Waals surface area contributed by atoms with E-state index >= 15 is 0 Å². The number of nitrogens with zero attached hydrogens (tertiary/aromatic N) is 4. The zero-order valence-corrected chi connectivity index (χ0v) is 15.3. The van der Waals surface area contributed by atoms with Crippen LogP contribution >= 0.6 is 0 Å². The first kappa shape index (κ1) is 17.2. The van der Waals surface area contributed by atoms with Crippen molar-refractivity contribution in [1.82, 2.24) is 19.9 Å². The van der Waals surface area contributed by atoms with E-state index in [9.17, 15) is 4.79 Å². The number of aromatic nitrogens is 3.